The molecule has 0 spiro atoms. The van der Waals surface area contributed by atoms with Gasteiger partial charge in [0.05, 0.1) is 10.6 Å². The maximum absolute atomic E-state index is 11.5. The fourth-order valence-corrected chi connectivity index (χ4v) is 3.52. The molecule has 0 bridgehead atoms. The molecule has 0 saturated carbocycles. The number of benzene rings is 1. The van der Waals surface area contributed by atoms with Crippen LogP contribution in [0.5, 0.6) is 0 Å². The van der Waals surface area contributed by atoms with Crippen molar-refractivity contribution in [2.45, 2.75) is 12.2 Å². The van der Waals surface area contributed by atoms with Crippen LogP contribution in [0.25, 0.3) is 5.70 Å². The molecule has 0 heterocycles. The Bertz CT molecular complexity index is 724. The molecule has 9 heteroatoms. The number of hydrogen-bond acceptors (Lipinski definition) is 6. The van der Waals surface area contributed by atoms with E-state index in [0.717, 1.165) is 12.1 Å². The summed E-state index contributed by atoms with van der Waals surface area (Å²) in [7, 11) is -4.56. The van der Waals surface area contributed by atoms with Gasteiger partial charge in [0.25, 0.3) is 15.8 Å². The smallest absolute Gasteiger partial charge is 0.272 e. The summed E-state index contributed by atoms with van der Waals surface area (Å²) in [6, 6.07) is 3.45. The average molecular weight is 300 g/mol. The van der Waals surface area contributed by atoms with E-state index in [-0.39, 0.29) is 28.3 Å². The van der Waals surface area contributed by atoms with Crippen molar-refractivity contribution in [2.75, 3.05) is 0 Å². The number of fused-ring (bicyclic) bond motifs is 1. The molecule has 0 amide bonds. The van der Waals surface area contributed by atoms with E-state index in [0.29, 0.717) is 0 Å². The summed E-state index contributed by atoms with van der Waals surface area (Å²) < 4.78 is 32.3. The van der Waals surface area contributed by atoms with Gasteiger partial charge in [-0.15, -0.1) is 0 Å². The summed E-state index contributed by atoms with van der Waals surface area (Å²) in [5, 5.41) is 19.1. The predicted molar refractivity (Wildman–Crippen MR) is 70.3 cm³/mol. The van der Waals surface area contributed by atoms with Crippen LogP contribution in [0.4, 0.5) is 5.69 Å². The molecule has 0 fully saturated rings. The lowest BCUT2D eigenvalue weighted by Crippen LogP contribution is -2.28. The lowest BCUT2D eigenvalue weighted by molar-refractivity contribution is -0.384. The van der Waals surface area contributed by atoms with Crippen LogP contribution < -0.4 is 5.73 Å². The fraction of sp³-hybridized carbons (Fsp3) is 0.273. The molecule has 0 saturated heterocycles. The van der Waals surface area contributed by atoms with Gasteiger partial charge in [0.2, 0.25) is 0 Å². The Morgan fingerprint density at radius 1 is 1.40 bits per heavy atom. The van der Waals surface area contributed by atoms with E-state index < -0.39 is 26.2 Å². The van der Waals surface area contributed by atoms with E-state index in [9.17, 15) is 28.2 Å². The van der Waals surface area contributed by atoms with E-state index in [1.807, 2.05) is 0 Å². The number of non-ortho nitro benzene ring substituents is 1. The van der Waals surface area contributed by atoms with Gasteiger partial charge in [0.1, 0.15) is 11.0 Å². The van der Waals surface area contributed by atoms with Crippen molar-refractivity contribution in [3.63, 3.8) is 0 Å². The lowest BCUT2D eigenvalue weighted by atomic mass is 9.86. The summed E-state index contributed by atoms with van der Waals surface area (Å²) in [6.07, 6.45) is 0. The molecule has 1 aliphatic rings. The van der Waals surface area contributed by atoms with Crippen molar-refractivity contribution >= 4 is 21.5 Å². The third-order valence-electron chi connectivity index (χ3n) is 3.32. The van der Waals surface area contributed by atoms with E-state index in [1.54, 1.807) is 0 Å². The number of nitro benzene ring substituents is 1. The molecule has 108 valence electrons. The van der Waals surface area contributed by atoms with E-state index in [4.69, 9.17) is 5.73 Å². The molecule has 2 unspecified atom stereocenters. The Hall–Kier alpha value is -2.13. The van der Waals surface area contributed by atoms with Gasteiger partial charge in [-0.2, -0.15) is 8.42 Å². The summed E-state index contributed by atoms with van der Waals surface area (Å²) in [6.45, 7) is 1.36. The van der Waals surface area contributed by atoms with Crippen molar-refractivity contribution in [1.82, 2.24) is 0 Å². The minimum absolute atomic E-state index is 0.00417. The predicted octanol–water partition coefficient (Wildman–Crippen LogP) is 1.36. The SMILES string of the molecule is CC1C(O)=C(N)c2ccc([N+](=O)[O-])cc2C1S(=O)(=O)O. The molecule has 1 aromatic carbocycles. The van der Waals surface area contributed by atoms with E-state index >= 15 is 0 Å². The minimum atomic E-state index is -4.56. The zero-order valence-electron chi connectivity index (χ0n) is 10.3. The number of allylic oxidation sites excluding steroid dienone is 1. The third kappa shape index (κ3) is 2.10. The topological polar surface area (TPSA) is 144 Å². The van der Waals surface area contributed by atoms with Gasteiger partial charge in [-0.25, -0.2) is 0 Å². The van der Waals surface area contributed by atoms with E-state index in [1.165, 1.54) is 13.0 Å². The number of aliphatic hydroxyl groups excluding tert-OH is 1. The molecule has 1 aliphatic carbocycles. The molecular weight excluding hydrogens is 288 g/mol. The molecule has 4 N–H and O–H groups in total. The van der Waals surface area contributed by atoms with Crippen molar-refractivity contribution in [3.8, 4) is 0 Å². The van der Waals surface area contributed by atoms with Crippen LogP contribution in [0.2, 0.25) is 0 Å². The Kier molecular flexibility index (Phi) is 3.18. The molecule has 20 heavy (non-hydrogen) atoms. The van der Waals surface area contributed by atoms with Crippen LogP contribution in [-0.4, -0.2) is 23.0 Å². The monoisotopic (exact) mass is 300 g/mol. The van der Waals surface area contributed by atoms with Gasteiger partial charge in [0.15, 0.2) is 0 Å². The minimum Gasteiger partial charge on any atom is -0.510 e. The van der Waals surface area contributed by atoms with Crippen molar-refractivity contribution in [2.24, 2.45) is 11.7 Å². The first-order chi connectivity index (χ1) is 9.14. The molecule has 0 aromatic heterocycles. The average Bonchev–Trinajstić information content (AvgIpc) is 2.34. The second-order valence-corrected chi connectivity index (χ2v) is 6.09. The Balaban J connectivity index is 2.79. The number of hydrogen-bond donors (Lipinski definition) is 3. The highest BCUT2D eigenvalue weighted by Gasteiger charge is 2.40. The number of nitrogens with two attached hydrogens (primary N) is 1. The first-order valence-corrected chi connectivity index (χ1v) is 7.08. The Morgan fingerprint density at radius 2 is 2.00 bits per heavy atom. The highest BCUT2D eigenvalue weighted by atomic mass is 32.2. The molecule has 1 aromatic rings. The largest absolute Gasteiger partial charge is 0.510 e. The Morgan fingerprint density at radius 3 is 2.50 bits per heavy atom. The van der Waals surface area contributed by atoms with Gasteiger partial charge in [-0.1, -0.05) is 6.92 Å². The molecule has 2 atom stereocenters. The Labute approximate surface area is 114 Å². The quantitative estimate of drug-likeness (QED) is 0.425. The van der Waals surface area contributed by atoms with Gasteiger partial charge in [-0.05, 0) is 11.6 Å². The fourth-order valence-electron chi connectivity index (χ4n) is 2.36. The standard InChI is InChI=1S/C11H12N2O6S/c1-5-10(14)9(12)7-3-2-6(13(15)16)4-8(7)11(5)20(17,18)19/h2-5,11,14H,12H2,1H3,(H,17,18,19). The molecule has 8 nitrogen and oxygen atoms in total. The van der Waals surface area contributed by atoms with Crippen molar-refractivity contribution in [3.05, 3.63) is 45.2 Å². The number of rotatable bonds is 2. The summed E-state index contributed by atoms with van der Waals surface area (Å²) >= 11 is 0. The van der Waals surface area contributed by atoms with Crippen molar-refractivity contribution < 1.29 is 23.0 Å². The highest BCUT2D eigenvalue weighted by molar-refractivity contribution is 7.86. The van der Waals surface area contributed by atoms with Crippen LogP contribution in [0, 0.1) is 16.0 Å². The van der Waals surface area contributed by atoms with Gasteiger partial charge < -0.3 is 10.8 Å². The summed E-state index contributed by atoms with van der Waals surface area (Å²) in [4.78, 5) is 10.1. The molecular formula is C11H12N2O6S. The summed E-state index contributed by atoms with van der Waals surface area (Å²) in [5.41, 5.74) is 5.49. The van der Waals surface area contributed by atoms with Crippen molar-refractivity contribution in [1.29, 1.82) is 0 Å². The number of nitrogens with zero attached hydrogens (tertiary/aromatic N) is 1. The number of aliphatic hydroxyl groups is 1. The van der Waals surface area contributed by atoms with Crippen LogP contribution in [0.15, 0.2) is 24.0 Å². The maximum Gasteiger partial charge on any atom is 0.272 e. The first-order valence-electron chi connectivity index (χ1n) is 5.58. The van der Waals surface area contributed by atoms with Crippen LogP contribution in [-0.2, 0) is 10.1 Å². The normalized spacial score (nSPS) is 22.5. The lowest BCUT2D eigenvalue weighted by Gasteiger charge is -2.29. The summed E-state index contributed by atoms with van der Waals surface area (Å²) in [5.74, 6) is -1.37. The highest BCUT2D eigenvalue weighted by Crippen LogP contribution is 2.43. The third-order valence-corrected chi connectivity index (χ3v) is 4.63. The van der Waals surface area contributed by atoms with Gasteiger partial charge in [0, 0.05) is 23.6 Å². The van der Waals surface area contributed by atoms with E-state index in [2.05, 4.69) is 0 Å². The second-order valence-electron chi connectivity index (χ2n) is 4.55. The second kappa shape index (κ2) is 4.46. The zero-order chi connectivity index (χ0) is 15.2. The molecule has 0 aliphatic heterocycles. The van der Waals surface area contributed by atoms with Gasteiger partial charge in [-0.3, -0.25) is 14.7 Å². The van der Waals surface area contributed by atoms with Crippen LogP contribution >= 0.6 is 0 Å². The number of nitro groups is 1. The molecule has 0 radical (unpaired) electrons. The zero-order valence-corrected chi connectivity index (χ0v) is 11.2. The molecule has 2 rings (SSSR count). The maximum atomic E-state index is 11.5. The van der Waals surface area contributed by atoms with Gasteiger partial charge >= 0.3 is 0 Å². The first kappa shape index (κ1) is 14.3. The van der Waals surface area contributed by atoms with Crippen LogP contribution in [0.3, 0.4) is 0 Å². The van der Waals surface area contributed by atoms with Crippen LogP contribution in [0.1, 0.15) is 23.3 Å².